The van der Waals surface area contributed by atoms with E-state index in [1.165, 1.54) is 11.4 Å². The van der Waals surface area contributed by atoms with Crippen molar-refractivity contribution >= 4 is 11.8 Å². The fourth-order valence-electron chi connectivity index (χ4n) is 3.13. The Kier molecular flexibility index (Phi) is 5.33. The van der Waals surface area contributed by atoms with Crippen LogP contribution in [0.1, 0.15) is 55.1 Å². The molecule has 0 amide bonds. The van der Waals surface area contributed by atoms with Crippen molar-refractivity contribution in [2.45, 2.75) is 45.2 Å². The quantitative estimate of drug-likeness (QED) is 0.881. The maximum absolute atomic E-state index is 4.74. The van der Waals surface area contributed by atoms with E-state index >= 15 is 0 Å². The number of hydrogen-bond donors (Lipinski definition) is 1. The van der Waals surface area contributed by atoms with E-state index in [0.29, 0.717) is 12.0 Å². The minimum Gasteiger partial charge on any atom is -0.348 e. The van der Waals surface area contributed by atoms with Crippen LogP contribution < -0.4 is 0 Å². The normalized spacial score (nSPS) is 18.3. The van der Waals surface area contributed by atoms with Crippen LogP contribution >= 0.6 is 11.8 Å². The molecular formula is C17H25N5S. The molecule has 3 rings (SSSR count). The van der Waals surface area contributed by atoms with Gasteiger partial charge in [-0.3, -0.25) is 4.90 Å². The first-order valence-corrected chi connectivity index (χ1v) is 9.65. The van der Waals surface area contributed by atoms with E-state index in [4.69, 9.17) is 4.98 Å². The highest BCUT2D eigenvalue weighted by Crippen LogP contribution is 2.32. The number of hydrogen-bond acceptors (Lipinski definition) is 5. The molecule has 0 saturated heterocycles. The third kappa shape index (κ3) is 3.75. The van der Waals surface area contributed by atoms with E-state index < -0.39 is 0 Å². The lowest BCUT2D eigenvalue weighted by atomic mass is 10.0. The smallest absolute Gasteiger partial charge is 0.131 e. The number of H-pyrrole nitrogens is 1. The predicted octanol–water partition coefficient (Wildman–Crippen LogP) is 3.18. The summed E-state index contributed by atoms with van der Waals surface area (Å²) in [4.78, 5) is 19.5. The summed E-state index contributed by atoms with van der Waals surface area (Å²) in [5.74, 6) is 2.44. The van der Waals surface area contributed by atoms with Gasteiger partial charge in [0.25, 0.3) is 0 Å². The van der Waals surface area contributed by atoms with Crippen LogP contribution in [-0.4, -0.2) is 43.4 Å². The molecule has 2 aromatic heterocycles. The summed E-state index contributed by atoms with van der Waals surface area (Å²) < 4.78 is 0. The average Bonchev–Trinajstić information content (AvgIpc) is 3.02. The van der Waals surface area contributed by atoms with Crippen molar-refractivity contribution in [3.63, 3.8) is 0 Å². The topological polar surface area (TPSA) is 57.7 Å². The Morgan fingerprint density at radius 3 is 3.04 bits per heavy atom. The van der Waals surface area contributed by atoms with Crippen LogP contribution in [0.25, 0.3) is 0 Å². The van der Waals surface area contributed by atoms with Gasteiger partial charge in [0.1, 0.15) is 5.82 Å². The fraction of sp³-hybridized carbons (Fsp3) is 0.588. The number of fused-ring (bicyclic) bond motifs is 1. The highest BCUT2D eigenvalue weighted by atomic mass is 32.2. The van der Waals surface area contributed by atoms with Crippen LogP contribution in [0.3, 0.4) is 0 Å². The molecule has 0 aromatic carbocycles. The van der Waals surface area contributed by atoms with E-state index in [-0.39, 0.29) is 0 Å². The molecule has 0 bridgehead atoms. The van der Waals surface area contributed by atoms with Crippen LogP contribution in [0.5, 0.6) is 0 Å². The Morgan fingerprint density at radius 1 is 1.39 bits per heavy atom. The number of aromatic amines is 1. The molecular weight excluding hydrogens is 306 g/mol. The molecule has 1 atom stereocenters. The van der Waals surface area contributed by atoms with E-state index in [0.717, 1.165) is 43.2 Å². The number of nitrogens with zero attached hydrogens (tertiary/aromatic N) is 4. The highest BCUT2D eigenvalue weighted by molar-refractivity contribution is 7.98. The second-order valence-corrected chi connectivity index (χ2v) is 7.33. The van der Waals surface area contributed by atoms with Crippen LogP contribution in [0.2, 0.25) is 0 Å². The molecule has 3 heterocycles. The minimum atomic E-state index is 0.363. The Hall–Kier alpha value is -1.40. The lowest BCUT2D eigenvalue weighted by Crippen LogP contribution is -2.35. The standard InChI is InChI=1S/C17H25N5S/c1-12(2)17-18-7-4-13(21-17)10-22-8-5-14-16(20-11-19-14)15(22)6-9-23-3/h4,7,11-12,15H,5-6,8-10H2,1-3H3,(H,19,20)/t15-/m1/s1. The van der Waals surface area contributed by atoms with Gasteiger partial charge in [-0.25, -0.2) is 15.0 Å². The van der Waals surface area contributed by atoms with Gasteiger partial charge in [0.05, 0.1) is 23.8 Å². The van der Waals surface area contributed by atoms with Gasteiger partial charge in [-0.15, -0.1) is 0 Å². The van der Waals surface area contributed by atoms with Crippen molar-refractivity contribution in [2.75, 3.05) is 18.6 Å². The van der Waals surface area contributed by atoms with E-state index in [9.17, 15) is 0 Å². The molecule has 124 valence electrons. The van der Waals surface area contributed by atoms with Crippen molar-refractivity contribution in [1.29, 1.82) is 0 Å². The molecule has 23 heavy (non-hydrogen) atoms. The summed E-state index contributed by atoms with van der Waals surface area (Å²) >= 11 is 1.90. The zero-order valence-corrected chi connectivity index (χ0v) is 14.9. The maximum atomic E-state index is 4.74. The monoisotopic (exact) mass is 331 g/mol. The van der Waals surface area contributed by atoms with Crippen molar-refractivity contribution in [2.24, 2.45) is 0 Å². The molecule has 6 heteroatoms. The lowest BCUT2D eigenvalue weighted by molar-refractivity contribution is 0.166. The number of thioether (sulfide) groups is 1. The zero-order valence-electron chi connectivity index (χ0n) is 14.1. The average molecular weight is 331 g/mol. The van der Waals surface area contributed by atoms with Gasteiger partial charge in [-0.2, -0.15) is 11.8 Å². The number of imidazole rings is 1. The first-order valence-electron chi connectivity index (χ1n) is 8.26. The van der Waals surface area contributed by atoms with Crippen molar-refractivity contribution in [1.82, 2.24) is 24.8 Å². The van der Waals surface area contributed by atoms with Crippen LogP contribution in [0.15, 0.2) is 18.6 Å². The Labute approximate surface area is 142 Å². The molecule has 0 radical (unpaired) electrons. The van der Waals surface area contributed by atoms with E-state index in [1.807, 2.05) is 30.4 Å². The van der Waals surface area contributed by atoms with Crippen molar-refractivity contribution < 1.29 is 0 Å². The Morgan fingerprint density at radius 2 is 2.26 bits per heavy atom. The number of aromatic nitrogens is 4. The summed E-state index contributed by atoms with van der Waals surface area (Å²) in [6.45, 7) is 6.19. The Balaban J connectivity index is 1.79. The molecule has 1 aliphatic rings. The third-order valence-electron chi connectivity index (χ3n) is 4.37. The zero-order chi connectivity index (χ0) is 16.2. The second-order valence-electron chi connectivity index (χ2n) is 6.34. The first kappa shape index (κ1) is 16.5. The van der Waals surface area contributed by atoms with E-state index in [1.54, 1.807) is 0 Å². The van der Waals surface area contributed by atoms with Crippen LogP contribution in [-0.2, 0) is 13.0 Å². The minimum absolute atomic E-state index is 0.363. The van der Waals surface area contributed by atoms with E-state index in [2.05, 4.69) is 40.0 Å². The number of nitrogens with one attached hydrogen (secondary N) is 1. The van der Waals surface area contributed by atoms with Gasteiger partial charge in [-0.1, -0.05) is 13.8 Å². The highest BCUT2D eigenvalue weighted by Gasteiger charge is 2.29. The Bertz CT molecular complexity index is 639. The van der Waals surface area contributed by atoms with Gasteiger partial charge in [-0.05, 0) is 24.5 Å². The number of rotatable bonds is 6. The van der Waals surface area contributed by atoms with Gasteiger partial charge >= 0.3 is 0 Å². The molecule has 1 aliphatic heterocycles. The van der Waals surface area contributed by atoms with Crippen molar-refractivity contribution in [3.8, 4) is 0 Å². The lowest BCUT2D eigenvalue weighted by Gasteiger charge is -2.34. The summed E-state index contributed by atoms with van der Waals surface area (Å²) in [7, 11) is 0. The van der Waals surface area contributed by atoms with Gasteiger partial charge in [0.15, 0.2) is 0 Å². The van der Waals surface area contributed by atoms with Gasteiger partial charge in [0, 0.05) is 37.3 Å². The molecule has 5 nitrogen and oxygen atoms in total. The molecule has 0 fully saturated rings. The third-order valence-corrected chi connectivity index (χ3v) is 5.01. The molecule has 0 aliphatic carbocycles. The summed E-state index contributed by atoms with van der Waals surface area (Å²) in [6, 6.07) is 2.42. The summed E-state index contributed by atoms with van der Waals surface area (Å²) in [5, 5.41) is 0. The molecule has 2 aromatic rings. The SMILES string of the molecule is CSCC[C@@H]1c2nc[nH]c2CCN1Cc1ccnc(C(C)C)n1. The summed E-state index contributed by atoms with van der Waals surface area (Å²) in [5.41, 5.74) is 3.64. The van der Waals surface area contributed by atoms with Crippen molar-refractivity contribution in [3.05, 3.63) is 41.5 Å². The molecule has 1 N–H and O–H groups in total. The van der Waals surface area contributed by atoms with Gasteiger partial charge in [0.2, 0.25) is 0 Å². The predicted molar refractivity (Wildman–Crippen MR) is 94.6 cm³/mol. The molecule has 0 unspecified atom stereocenters. The molecule has 0 saturated carbocycles. The molecule has 0 spiro atoms. The largest absolute Gasteiger partial charge is 0.348 e. The summed E-state index contributed by atoms with van der Waals surface area (Å²) in [6.07, 6.45) is 8.05. The maximum Gasteiger partial charge on any atom is 0.131 e. The fourth-order valence-corrected chi connectivity index (χ4v) is 3.59. The first-order chi connectivity index (χ1) is 11.2. The van der Waals surface area contributed by atoms with Crippen LogP contribution in [0.4, 0.5) is 0 Å². The second kappa shape index (κ2) is 7.45. The van der Waals surface area contributed by atoms with Gasteiger partial charge < -0.3 is 4.98 Å². The van der Waals surface area contributed by atoms with Crippen LogP contribution in [0, 0.1) is 0 Å².